The molecule has 0 spiro atoms. The zero-order chi connectivity index (χ0) is 15.2. The average Bonchev–Trinajstić information content (AvgIpc) is 2.47. The number of benzene rings is 1. The van der Waals surface area contributed by atoms with Crippen molar-refractivity contribution in [3.8, 4) is 0 Å². The first kappa shape index (κ1) is 15.4. The summed E-state index contributed by atoms with van der Waals surface area (Å²) in [5.74, 6) is -0.436. The van der Waals surface area contributed by atoms with E-state index in [-0.39, 0.29) is 30.1 Å². The predicted molar refractivity (Wildman–Crippen MR) is 78.3 cm³/mol. The molecule has 1 aliphatic heterocycles. The molecule has 0 bridgehead atoms. The predicted octanol–water partition coefficient (Wildman–Crippen LogP) is 1.22. The van der Waals surface area contributed by atoms with Gasteiger partial charge in [-0.25, -0.2) is 4.39 Å². The Bertz CT molecular complexity index is 513. The van der Waals surface area contributed by atoms with Gasteiger partial charge in [-0.3, -0.25) is 14.5 Å². The molecule has 0 atom stereocenters. The number of halogens is 1. The van der Waals surface area contributed by atoms with E-state index in [0.29, 0.717) is 18.8 Å². The lowest BCUT2D eigenvalue weighted by Crippen LogP contribution is -2.42. The van der Waals surface area contributed by atoms with E-state index in [0.717, 1.165) is 12.8 Å². The summed E-state index contributed by atoms with van der Waals surface area (Å²) in [6.07, 6.45) is 1.51. The second-order valence-electron chi connectivity index (χ2n) is 5.22. The van der Waals surface area contributed by atoms with Crippen molar-refractivity contribution < 1.29 is 14.0 Å². The van der Waals surface area contributed by atoms with E-state index in [9.17, 15) is 14.0 Å². The highest BCUT2D eigenvalue weighted by molar-refractivity contribution is 5.92. The number of hydrogen-bond donors (Lipinski definition) is 2. The summed E-state index contributed by atoms with van der Waals surface area (Å²) >= 11 is 0. The van der Waals surface area contributed by atoms with Gasteiger partial charge in [-0.15, -0.1) is 0 Å². The van der Waals surface area contributed by atoms with Gasteiger partial charge >= 0.3 is 0 Å². The molecule has 0 unspecified atom stereocenters. The fraction of sp³-hybridized carbons (Fsp3) is 0.467. The van der Waals surface area contributed by atoms with Gasteiger partial charge in [0.1, 0.15) is 5.82 Å². The Morgan fingerprint density at radius 3 is 2.67 bits per heavy atom. The Balaban J connectivity index is 1.78. The molecular formula is C15H20FN3O2. The monoisotopic (exact) mass is 293 g/mol. The van der Waals surface area contributed by atoms with Crippen molar-refractivity contribution in [2.24, 2.45) is 5.92 Å². The number of amides is 2. The van der Waals surface area contributed by atoms with Crippen molar-refractivity contribution in [3.05, 3.63) is 30.1 Å². The van der Waals surface area contributed by atoms with Crippen molar-refractivity contribution in [1.82, 2.24) is 10.2 Å². The topological polar surface area (TPSA) is 61.4 Å². The summed E-state index contributed by atoms with van der Waals surface area (Å²) < 4.78 is 13.0. The van der Waals surface area contributed by atoms with Gasteiger partial charge in [-0.1, -0.05) is 6.07 Å². The van der Waals surface area contributed by atoms with Gasteiger partial charge in [0.25, 0.3) is 0 Å². The molecule has 2 rings (SSSR count). The SMILES string of the molecule is CNC(=O)C1CCN(CC(=O)Nc2cccc(F)c2)CC1. The third kappa shape index (κ3) is 4.53. The zero-order valence-electron chi connectivity index (χ0n) is 12.1. The highest BCUT2D eigenvalue weighted by Gasteiger charge is 2.25. The van der Waals surface area contributed by atoms with E-state index in [1.165, 1.54) is 12.1 Å². The molecule has 1 aromatic rings. The van der Waals surface area contributed by atoms with Gasteiger partial charge in [0.15, 0.2) is 0 Å². The van der Waals surface area contributed by atoms with Crippen molar-refractivity contribution in [2.75, 3.05) is 32.0 Å². The second-order valence-corrected chi connectivity index (χ2v) is 5.22. The van der Waals surface area contributed by atoms with Crippen LogP contribution in [-0.2, 0) is 9.59 Å². The van der Waals surface area contributed by atoms with E-state index in [1.54, 1.807) is 19.2 Å². The smallest absolute Gasteiger partial charge is 0.238 e. The van der Waals surface area contributed by atoms with Gasteiger partial charge in [-0.05, 0) is 44.1 Å². The first-order valence-corrected chi connectivity index (χ1v) is 7.08. The average molecular weight is 293 g/mol. The Labute approximate surface area is 123 Å². The standard InChI is InChI=1S/C15H20FN3O2/c1-17-15(21)11-5-7-19(8-6-11)10-14(20)18-13-4-2-3-12(16)9-13/h2-4,9,11H,5-8,10H2,1H3,(H,17,21)(H,18,20). The summed E-state index contributed by atoms with van der Waals surface area (Å²) in [5.41, 5.74) is 0.459. The van der Waals surface area contributed by atoms with E-state index < -0.39 is 0 Å². The van der Waals surface area contributed by atoms with Crippen LogP contribution in [0.3, 0.4) is 0 Å². The van der Waals surface area contributed by atoms with Crippen LogP contribution in [0.2, 0.25) is 0 Å². The van der Waals surface area contributed by atoms with Gasteiger partial charge in [0.2, 0.25) is 11.8 Å². The first-order valence-electron chi connectivity index (χ1n) is 7.08. The van der Waals surface area contributed by atoms with Crippen molar-refractivity contribution in [2.45, 2.75) is 12.8 Å². The number of likely N-dealkylation sites (tertiary alicyclic amines) is 1. The number of hydrogen-bond acceptors (Lipinski definition) is 3. The summed E-state index contributed by atoms with van der Waals surface area (Å²) in [6, 6.07) is 5.83. The fourth-order valence-electron chi connectivity index (χ4n) is 2.53. The van der Waals surface area contributed by atoms with Crippen LogP contribution in [0, 0.1) is 11.7 Å². The Hall–Kier alpha value is -1.95. The molecule has 5 nitrogen and oxygen atoms in total. The Morgan fingerprint density at radius 2 is 2.05 bits per heavy atom. The fourth-order valence-corrected chi connectivity index (χ4v) is 2.53. The summed E-state index contributed by atoms with van der Waals surface area (Å²) in [5, 5.41) is 5.33. The number of nitrogens with one attached hydrogen (secondary N) is 2. The number of nitrogens with zero attached hydrogens (tertiary/aromatic N) is 1. The zero-order valence-corrected chi connectivity index (χ0v) is 12.1. The van der Waals surface area contributed by atoms with Crippen LogP contribution in [0.15, 0.2) is 24.3 Å². The number of piperidine rings is 1. The maximum Gasteiger partial charge on any atom is 0.238 e. The Morgan fingerprint density at radius 1 is 1.33 bits per heavy atom. The number of anilines is 1. The molecule has 21 heavy (non-hydrogen) atoms. The molecule has 2 N–H and O–H groups in total. The molecular weight excluding hydrogens is 273 g/mol. The minimum absolute atomic E-state index is 0.0394. The second kappa shape index (κ2) is 7.17. The molecule has 1 aliphatic rings. The van der Waals surface area contributed by atoms with E-state index in [2.05, 4.69) is 10.6 Å². The third-order valence-corrected chi connectivity index (χ3v) is 3.68. The lowest BCUT2D eigenvalue weighted by atomic mass is 9.96. The molecule has 1 fully saturated rings. The van der Waals surface area contributed by atoms with Crippen LogP contribution < -0.4 is 10.6 Å². The van der Waals surface area contributed by atoms with Crippen molar-refractivity contribution in [1.29, 1.82) is 0 Å². The van der Waals surface area contributed by atoms with Gasteiger partial charge in [0, 0.05) is 18.7 Å². The Kier molecular flexibility index (Phi) is 5.27. The molecule has 114 valence electrons. The highest BCUT2D eigenvalue weighted by atomic mass is 19.1. The maximum atomic E-state index is 13.0. The van der Waals surface area contributed by atoms with E-state index in [1.807, 2.05) is 4.90 Å². The maximum absolute atomic E-state index is 13.0. The van der Waals surface area contributed by atoms with Crippen molar-refractivity contribution in [3.63, 3.8) is 0 Å². The highest BCUT2D eigenvalue weighted by Crippen LogP contribution is 2.17. The molecule has 0 radical (unpaired) electrons. The number of carbonyl (C=O) groups is 2. The van der Waals surface area contributed by atoms with Crippen LogP contribution in [0.5, 0.6) is 0 Å². The number of carbonyl (C=O) groups excluding carboxylic acids is 2. The summed E-state index contributed by atoms with van der Waals surface area (Å²) in [7, 11) is 1.64. The van der Waals surface area contributed by atoms with E-state index in [4.69, 9.17) is 0 Å². The lowest BCUT2D eigenvalue weighted by Gasteiger charge is -2.30. The van der Waals surface area contributed by atoms with Gasteiger partial charge in [0.05, 0.1) is 6.54 Å². The molecule has 0 aliphatic carbocycles. The largest absolute Gasteiger partial charge is 0.359 e. The minimum atomic E-state index is -0.376. The van der Waals surface area contributed by atoms with Crippen molar-refractivity contribution >= 4 is 17.5 Å². The first-order chi connectivity index (χ1) is 10.1. The summed E-state index contributed by atoms with van der Waals surface area (Å²) in [4.78, 5) is 25.4. The molecule has 0 saturated carbocycles. The molecule has 1 aromatic carbocycles. The number of rotatable bonds is 4. The van der Waals surface area contributed by atoms with E-state index >= 15 is 0 Å². The van der Waals surface area contributed by atoms with Crippen LogP contribution >= 0.6 is 0 Å². The molecule has 1 heterocycles. The summed E-state index contributed by atoms with van der Waals surface area (Å²) in [6.45, 7) is 1.69. The molecule has 2 amide bonds. The lowest BCUT2D eigenvalue weighted by molar-refractivity contribution is -0.126. The van der Waals surface area contributed by atoms with Crippen LogP contribution in [0.4, 0.5) is 10.1 Å². The van der Waals surface area contributed by atoms with Crippen LogP contribution in [-0.4, -0.2) is 43.4 Å². The minimum Gasteiger partial charge on any atom is -0.359 e. The third-order valence-electron chi connectivity index (χ3n) is 3.68. The van der Waals surface area contributed by atoms with Gasteiger partial charge in [-0.2, -0.15) is 0 Å². The molecule has 1 saturated heterocycles. The molecule has 0 aromatic heterocycles. The van der Waals surface area contributed by atoms with Crippen LogP contribution in [0.1, 0.15) is 12.8 Å². The van der Waals surface area contributed by atoms with Crippen LogP contribution in [0.25, 0.3) is 0 Å². The normalized spacial score (nSPS) is 16.5. The quantitative estimate of drug-likeness (QED) is 0.877. The van der Waals surface area contributed by atoms with Gasteiger partial charge < -0.3 is 10.6 Å². The molecule has 6 heteroatoms.